The van der Waals surface area contributed by atoms with Gasteiger partial charge in [-0.1, -0.05) is 0 Å². The van der Waals surface area contributed by atoms with Crippen molar-refractivity contribution in [1.82, 2.24) is 5.43 Å². The summed E-state index contributed by atoms with van der Waals surface area (Å²) in [6, 6.07) is 2.15. The van der Waals surface area contributed by atoms with Gasteiger partial charge in [-0.25, -0.2) is 14.6 Å². The van der Waals surface area contributed by atoms with E-state index in [1.807, 2.05) is 5.43 Å². The van der Waals surface area contributed by atoms with E-state index in [9.17, 15) is 13.6 Å². The van der Waals surface area contributed by atoms with Crippen molar-refractivity contribution in [2.45, 2.75) is 25.7 Å². The van der Waals surface area contributed by atoms with Crippen molar-refractivity contribution in [2.75, 3.05) is 7.11 Å². The van der Waals surface area contributed by atoms with Crippen LogP contribution in [-0.2, 0) is 11.2 Å². The Labute approximate surface area is 104 Å². The lowest BCUT2D eigenvalue weighted by atomic mass is 10.1. The quantitative estimate of drug-likeness (QED) is 0.353. The Bertz CT molecular complexity index is 425. The Morgan fingerprint density at radius 2 is 2.06 bits per heavy atom. The van der Waals surface area contributed by atoms with Crippen molar-refractivity contribution in [2.24, 2.45) is 5.84 Å². The van der Waals surface area contributed by atoms with Gasteiger partial charge in [-0.3, -0.25) is 10.2 Å². The largest absolute Gasteiger partial charge is 0.494 e. The fraction of sp³-hybridized carbons (Fsp3) is 0.417. The van der Waals surface area contributed by atoms with Crippen molar-refractivity contribution >= 4 is 5.91 Å². The van der Waals surface area contributed by atoms with Crippen LogP contribution in [0.2, 0.25) is 0 Å². The molecule has 0 aliphatic heterocycles. The van der Waals surface area contributed by atoms with Crippen LogP contribution in [0.4, 0.5) is 8.78 Å². The van der Waals surface area contributed by atoms with Gasteiger partial charge in [-0.15, -0.1) is 0 Å². The smallest absolute Gasteiger partial charge is 0.233 e. The van der Waals surface area contributed by atoms with Gasteiger partial charge in [0, 0.05) is 12.5 Å². The number of benzene rings is 1. The van der Waals surface area contributed by atoms with Crippen LogP contribution in [0.15, 0.2) is 12.1 Å². The number of methoxy groups -OCH3 is 1. The van der Waals surface area contributed by atoms with Crippen molar-refractivity contribution in [3.05, 3.63) is 29.3 Å². The van der Waals surface area contributed by atoms with E-state index < -0.39 is 11.6 Å². The third kappa shape index (κ3) is 3.96. The fourth-order valence-electron chi connectivity index (χ4n) is 1.59. The third-order valence-electron chi connectivity index (χ3n) is 2.58. The molecule has 0 saturated carbocycles. The van der Waals surface area contributed by atoms with Crippen LogP contribution in [0.25, 0.3) is 0 Å². The maximum Gasteiger partial charge on any atom is 0.233 e. The van der Waals surface area contributed by atoms with Crippen molar-refractivity contribution in [3.8, 4) is 5.75 Å². The summed E-state index contributed by atoms with van der Waals surface area (Å²) in [7, 11) is 1.28. The van der Waals surface area contributed by atoms with Gasteiger partial charge in [0.2, 0.25) is 5.91 Å². The van der Waals surface area contributed by atoms with E-state index in [0.717, 1.165) is 12.1 Å². The number of carbonyl (C=O) groups excluding carboxylic acids is 1. The molecule has 1 amide bonds. The lowest BCUT2D eigenvalue weighted by molar-refractivity contribution is -0.121. The van der Waals surface area contributed by atoms with Gasteiger partial charge in [-0.2, -0.15) is 0 Å². The molecular formula is C12H16F2N2O2. The van der Waals surface area contributed by atoms with Crippen LogP contribution in [-0.4, -0.2) is 13.0 Å². The number of carbonyl (C=O) groups is 1. The number of nitrogens with one attached hydrogen (secondary N) is 1. The molecule has 0 aromatic heterocycles. The monoisotopic (exact) mass is 258 g/mol. The summed E-state index contributed by atoms with van der Waals surface area (Å²) >= 11 is 0. The number of hydrogen-bond acceptors (Lipinski definition) is 3. The van der Waals surface area contributed by atoms with E-state index in [2.05, 4.69) is 4.74 Å². The summed E-state index contributed by atoms with van der Waals surface area (Å²) in [5.41, 5.74) is 2.29. The van der Waals surface area contributed by atoms with Gasteiger partial charge in [0.05, 0.1) is 7.11 Å². The molecule has 0 fully saturated rings. The second-order valence-corrected chi connectivity index (χ2v) is 3.85. The van der Waals surface area contributed by atoms with Gasteiger partial charge in [0.25, 0.3) is 0 Å². The molecule has 0 saturated heterocycles. The first-order valence-electron chi connectivity index (χ1n) is 5.59. The number of nitrogens with two attached hydrogens (primary N) is 1. The van der Waals surface area contributed by atoms with Gasteiger partial charge < -0.3 is 4.74 Å². The molecule has 3 N–H and O–H groups in total. The molecular weight excluding hydrogens is 242 g/mol. The predicted molar refractivity (Wildman–Crippen MR) is 62.8 cm³/mol. The maximum absolute atomic E-state index is 13.5. The second-order valence-electron chi connectivity index (χ2n) is 3.85. The van der Waals surface area contributed by atoms with E-state index in [0.29, 0.717) is 19.3 Å². The zero-order valence-electron chi connectivity index (χ0n) is 10.1. The molecule has 0 heterocycles. The van der Waals surface area contributed by atoms with E-state index in [-0.39, 0.29) is 23.6 Å². The minimum Gasteiger partial charge on any atom is -0.494 e. The van der Waals surface area contributed by atoms with Gasteiger partial charge in [0.15, 0.2) is 11.6 Å². The standard InChI is InChI=1S/C12H16F2N2O2/c1-18-11-7-9(13)8(6-10(11)14)4-2-3-5-12(17)16-15/h6-7H,2-5,15H2,1H3,(H,16,17). The van der Waals surface area contributed by atoms with Crippen LogP contribution in [0.3, 0.4) is 0 Å². The molecule has 0 unspecified atom stereocenters. The molecule has 6 heteroatoms. The van der Waals surface area contributed by atoms with E-state index in [4.69, 9.17) is 5.84 Å². The fourth-order valence-corrected chi connectivity index (χ4v) is 1.59. The molecule has 4 nitrogen and oxygen atoms in total. The normalized spacial score (nSPS) is 10.2. The lowest BCUT2D eigenvalue weighted by Crippen LogP contribution is -2.29. The highest BCUT2D eigenvalue weighted by atomic mass is 19.1. The molecule has 18 heavy (non-hydrogen) atoms. The molecule has 0 spiro atoms. The first-order chi connectivity index (χ1) is 8.58. The number of rotatable bonds is 6. The Kier molecular flexibility index (Phi) is 5.51. The molecule has 0 bridgehead atoms. The number of aryl methyl sites for hydroxylation is 1. The highest BCUT2D eigenvalue weighted by Crippen LogP contribution is 2.22. The molecule has 1 aromatic rings. The minimum atomic E-state index is -0.589. The van der Waals surface area contributed by atoms with E-state index in [1.54, 1.807) is 0 Å². The minimum absolute atomic E-state index is 0.112. The lowest BCUT2D eigenvalue weighted by Gasteiger charge is -2.07. The number of hydrazine groups is 1. The summed E-state index contributed by atoms with van der Waals surface area (Å²) in [5, 5.41) is 0. The molecule has 100 valence electrons. The maximum atomic E-state index is 13.5. The topological polar surface area (TPSA) is 64.3 Å². The Morgan fingerprint density at radius 1 is 1.33 bits per heavy atom. The Balaban J connectivity index is 2.52. The van der Waals surface area contributed by atoms with Crippen LogP contribution >= 0.6 is 0 Å². The van der Waals surface area contributed by atoms with Gasteiger partial charge >= 0.3 is 0 Å². The summed E-state index contributed by atoms with van der Waals surface area (Å²) in [5.74, 6) is 3.45. The average molecular weight is 258 g/mol. The van der Waals surface area contributed by atoms with Crippen LogP contribution in [0, 0.1) is 11.6 Å². The summed E-state index contributed by atoms with van der Waals surface area (Å²) < 4.78 is 31.5. The summed E-state index contributed by atoms with van der Waals surface area (Å²) in [6.07, 6.45) is 1.79. The number of ether oxygens (including phenoxy) is 1. The molecule has 0 aliphatic carbocycles. The third-order valence-corrected chi connectivity index (χ3v) is 2.58. The molecule has 1 rings (SSSR count). The van der Waals surface area contributed by atoms with Gasteiger partial charge in [0.1, 0.15) is 5.82 Å². The van der Waals surface area contributed by atoms with Crippen molar-refractivity contribution in [3.63, 3.8) is 0 Å². The SMILES string of the molecule is COc1cc(F)c(CCCCC(=O)NN)cc1F. The van der Waals surface area contributed by atoms with Gasteiger partial charge in [-0.05, 0) is 30.9 Å². The second kappa shape index (κ2) is 6.90. The highest BCUT2D eigenvalue weighted by molar-refractivity contribution is 5.75. The van der Waals surface area contributed by atoms with Crippen LogP contribution in [0.1, 0.15) is 24.8 Å². The van der Waals surface area contributed by atoms with Crippen molar-refractivity contribution < 1.29 is 18.3 Å². The zero-order valence-corrected chi connectivity index (χ0v) is 10.1. The van der Waals surface area contributed by atoms with E-state index in [1.165, 1.54) is 7.11 Å². The van der Waals surface area contributed by atoms with Crippen LogP contribution < -0.4 is 16.0 Å². The van der Waals surface area contributed by atoms with E-state index >= 15 is 0 Å². The molecule has 1 aromatic carbocycles. The summed E-state index contributed by atoms with van der Waals surface area (Å²) in [4.78, 5) is 10.8. The number of halogens is 2. The zero-order chi connectivity index (χ0) is 13.5. The molecule has 0 atom stereocenters. The first kappa shape index (κ1) is 14.4. The number of hydrogen-bond donors (Lipinski definition) is 2. The highest BCUT2D eigenvalue weighted by Gasteiger charge is 2.10. The number of amides is 1. The predicted octanol–water partition coefficient (Wildman–Crippen LogP) is 1.68. The Hall–Kier alpha value is -1.69. The Morgan fingerprint density at radius 3 is 2.67 bits per heavy atom. The first-order valence-corrected chi connectivity index (χ1v) is 5.59. The molecule has 0 radical (unpaired) electrons. The molecule has 0 aliphatic rings. The summed E-state index contributed by atoms with van der Waals surface area (Å²) in [6.45, 7) is 0. The van der Waals surface area contributed by atoms with Crippen molar-refractivity contribution in [1.29, 1.82) is 0 Å². The van der Waals surface area contributed by atoms with Crippen LogP contribution in [0.5, 0.6) is 5.75 Å². The average Bonchev–Trinajstić information content (AvgIpc) is 2.37. The number of unbranched alkanes of at least 4 members (excludes halogenated alkanes) is 1.